The van der Waals surface area contributed by atoms with Gasteiger partial charge in [0.1, 0.15) is 5.69 Å². The lowest BCUT2D eigenvalue weighted by Crippen LogP contribution is -2.32. The highest BCUT2D eigenvalue weighted by Gasteiger charge is 2.14. The van der Waals surface area contributed by atoms with Crippen LogP contribution in [0, 0.1) is 13.8 Å². The Balaban J connectivity index is 3.22. The van der Waals surface area contributed by atoms with Crippen LogP contribution in [-0.4, -0.2) is 15.7 Å². The summed E-state index contributed by atoms with van der Waals surface area (Å²) in [6.45, 7) is 3.69. The third kappa shape index (κ3) is 1.18. The summed E-state index contributed by atoms with van der Waals surface area (Å²) in [7, 11) is 1.71. The van der Waals surface area contributed by atoms with E-state index in [9.17, 15) is 4.79 Å². The van der Waals surface area contributed by atoms with E-state index in [2.05, 4.69) is 10.5 Å². The van der Waals surface area contributed by atoms with Crippen LogP contribution >= 0.6 is 0 Å². The van der Waals surface area contributed by atoms with Gasteiger partial charge in [-0.25, -0.2) is 5.84 Å². The van der Waals surface area contributed by atoms with E-state index in [0.29, 0.717) is 5.69 Å². The number of carbonyl (C=O) groups is 1. The molecule has 3 N–H and O–H groups in total. The lowest BCUT2D eigenvalue weighted by Gasteiger charge is -2.00. The predicted molar refractivity (Wildman–Crippen MR) is 44.3 cm³/mol. The zero-order valence-corrected chi connectivity index (χ0v) is 7.38. The molecule has 12 heavy (non-hydrogen) atoms. The van der Waals surface area contributed by atoms with Crippen molar-refractivity contribution >= 4 is 5.91 Å². The quantitative estimate of drug-likeness (QED) is 0.341. The van der Waals surface area contributed by atoms with Crippen molar-refractivity contribution in [2.45, 2.75) is 13.8 Å². The molecule has 0 aromatic carbocycles. The van der Waals surface area contributed by atoms with Crippen molar-refractivity contribution in [3.8, 4) is 0 Å². The molecule has 0 aliphatic carbocycles. The van der Waals surface area contributed by atoms with Crippen LogP contribution in [0.3, 0.4) is 0 Å². The van der Waals surface area contributed by atoms with E-state index in [1.807, 2.05) is 13.8 Å². The van der Waals surface area contributed by atoms with Crippen LogP contribution in [0.2, 0.25) is 0 Å². The van der Waals surface area contributed by atoms with Gasteiger partial charge in [-0.15, -0.1) is 0 Å². The normalized spacial score (nSPS) is 10.0. The Morgan fingerprint density at radius 3 is 2.50 bits per heavy atom. The Morgan fingerprint density at radius 1 is 1.58 bits per heavy atom. The highest BCUT2D eigenvalue weighted by molar-refractivity contribution is 5.93. The first kappa shape index (κ1) is 8.73. The number of nitrogens with two attached hydrogens (primary N) is 1. The second-order valence-electron chi connectivity index (χ2n) is 2.66. The van der Waals surface area contributed by atoms with Gasteiger partial charge in [-0.1, -0.05) is 0 Å². The van der Waals surface area contributed by atoms with E-state index < -0.39 is 0 Å². The molecule has 0 saturated heterocycles. The van der Waals surface area contributed by atoms with Crippen molar-refractivity contribution in [3.05, 3.63) is 17.0 Å². The van der Waals surface area contributed by atoms with E-state index in [4.69, 9.17) is 5.84 Å². The van der Waals surface area contributed by atoms with Gasteiger partial charge in [0.05, 0.1) is 5.69 Å². The van der Waals surface area contributed by atoms with Crippen LogP contribution < -0.4 is 11.3 Å². The lowest BCUT2D eigenvalue weighted by atomic mass is 10.2. The first-order valence-corrected chi connectivity index (χ1v) is 3.59. The van der Waals surface area contributed by atoms with E-state index in [1.165, 1.54) is 4.68 Å². The van der Waals surface area contributed by atoms with E-state index >= 15 is 0 Å². The summed E-state index contributed by atoms with van der Waals surface area (Å²) in [5, 5.41) is 4.08. The topological polar surface area (TPSA) is 72.9 Å². The lowest BCUT2D eigenvalue weighted by molar-refractivity contribution is 0.0943. The third-order valence-electron chi connectivity index (χ3n) is 1.87. The zero-order valence-electron chi connectivity index (χ0n) is 7.38. The molecule has 0 aliphatic heterocycles. The standard InChI is InChI=1S/C7H12N4O/c1-4-5(2)10-11(3)6(4)7(12)9-8/h8H2,1-3H3,(H,9,12). The molecule has 5 heteroatoms. The predicted octanol–water partition coefficient (Wildman–Crippen LogP) is -0.360. The number of hydrogen-bond acceptors (Lipinski definition) is 3. The maximum Gasteiger partial charge on any atom is 0.283 e. The number of carbonyl (C=O) groups excluding carboxylic acids is 1. The summed E-state index contributed by atoms with van der Waals surface area (Å²) in [6, 6.07) is 0. The average molecular weight is 168 g/mol. The fourth-order valence-corrected chi connectivity index (χ4v) is 1.15. The van der Waals surface area contributed by atoms with Gasteiger partial charge < -0.3 is 0 Å². The number of nitrogen functional groups attached to an aromatic ring is 1. The van der Waals surface area contributed by atoms with E-state index in [1.54, 1.807) is 7.05 Å². The molecule has 1 aromatic rings. The number of amides is 1. The fraction of sp³-hybridized carbons (Fsp3) is 0.429. The third-order valence-corrected chi connectivity index (χ3v) is 1.87. The fourth-order valence-electron chi connectivity index (χ4n) is 1.15. The molecule has 1 heterocycles. The molecule has 0 atom stereocenters. The van der Waals surface area contributed by atoms with Crippen LogP contribution in [0.1, 0.15) is 21.7 Å². The SMILES string of the molecule is Cc1nn(C)c(C(=O)NN)c1C. The summed E-state index contributed by atoms with van der Waals surface area (Å²) < 4.78 is 1.52. The molecule has 0 spiro atoms. The van der Waals surface area contributed by atoms with Crippen molar-refractivity contribution < 1.29 is 4.79 Å². The molecule has 66 valence electrons. The van der Waals surface area contributed by atoms with Gasteiger partial charge in [-0.2, -0.15) is 5.10 Å². The van der Waals surface area contributed by atoms with Gasteiger partial charge >= 0.3 is 0 Å². The summed E-state index contributed by atoms with van der Waals surface area (Å²) in [5.41, 5.74) is 4.29. The van der Waals surface area contributed by atoms with Crippen LogP contribution in [-0.2, 0) is 7.05 Å². The monoisotopic (exact) mass is 168 g/mol. The van der Waals surface area contributed by atoms with Crippen LogP contribution in [0.4, 0.5) is 0 Å². The second-order valence-corrected chi connectivity index (χ2v) is 2.66. The highest BCUT2D eigenvalue weighted by atomic mass is 16.2. The minimum Gasteiger partial charge on any atom is -0.289 e. The number of aryl methyl sites for hydroxylation is 2. The van der Waals surface area contributed by atoms with Crippen LogP contribution in [0.15, 0.2) is 0 Å². The highest BCUT2D eigenvalue weighted by Crippen LogP contribution is 2.10. The Bertz CT molecular complexity index is 315. The number of nitrogens with one attached hydrogen (secondary N) is 1. The first-order valence-electron chi connectivity index (χ1n) is 3.59. The van der Waals surface area contributed by atoms with E-state index in [-0.39, 0.29) is 5.91 Å². The van der Waals surface area contributed by atoms with Crippen LogP contribution in [0.5, 0.6) is 0 Å². The van der Waals surface area contributed by atoms with Gasteiger partial charge in [0.25, 0.3) is 5.91 Å². The smallest absolute Gasteiger partial charge is 0.283 e. The molecular formula is C7H12N4O. The number of aromatic nitrogens is 2. The molecule has 0 fully saturated rings. The van der Waals surface area contributed by atoms with Crippen molar-refractivity contribution in [1.29, 1.82) is 0 Å². The molecule has 1 rings (SSSR count). The van der Waals surface area contributed by atoms with Crippen molar-refractivity contribution in [2.24, 2.45) is 12.9 Å². The Labute approximate surface area is 70.5 Å². The van der Waals surface area contributed by atoms with E-state index in [0.717, 1.165) is 11.3 Å². The minimum absolute atomic E-state index is 0.310. The molecule has 0 saturated carbocycles. The van der Waals surface area contributed by atoms with Crippen molar-refractivity contribution in [1.82, 2.24) is 15.2 Å². The average Bonchev–Trinajstić information content (AvgIpc) is 2.26. The van der Waals surface area contributed by atoms with Gasteiger partial charge in [0.2, 0.25) is 0 Å². The molecule has 0 radical (unpaired) electrons. The zero-order chi connectivity index (χ0) is 9.30. The van der Waals surface area contributed by atoms with Gasteiger partial charge in [0.15, 0.2) is 0 Å². The summed E-state index contributed by atoms with van der Waals surface area (Å²) in [5.74, 6) is 4.70. The Morgan fingerprint density at radius 2 is 2.17 bits per heavy atom. The van der Waals surface area contributed by atoms with Crippen molar-refractivity contribution in [3.63, 3.8) is 0 Å². The number of hydrazine groups is 1. The molecule has 1 amide bonds. The maximum absolute atomic E-state index is 11.2. The summed E-state index contributed by atoms with van der Waals surface area (Å²) >= 11 is 0. The van der Waals surface area contributed by atoms with Gasteiger partial charge in [-0.05, 0) is 13.8 Å². The van der Waals surface area contributed by atoms with Gasteiger partial charge in [0, 0.05) is 12.6 Å². The number of rotatable bonds is 1. The molecule has 0 unspecified atom stereocenters. The Hall–Kier alpha value is -1.36. The maximum atomic E-state index is 11.2. The summed E-state index contributed by atoms with van der Waals surface area (Å²) in [4.78, 5) is 11.2. The molecular weight excluding hydrogens is 156 g/mol. The second kappa shape index (κ2) is 2.94. The molecule has 1 aromatic heterocycles. The van der Waals surface area contributed by atoms with Gasteiger partial charge in [-0.3, -0.25) is 14.9 Å². The molecule has 0 bridgehead atoms. The molecule has 0 aliphatic rings. The first-order chi connectivity index (χ1) is 5.57. The van der Waals surface area contributed by atoms with Crippen molar-refractivity contribution in [2.75, 3.05) is 0 Å². The minimum atomic E-state index is -0.310. The summed E-state index contributed by atoms with van der Waals surface area (Å²) in [6.07, 6.45) is 0. The van der Waals surface area contributed by atoms with Crippen LogP contribution in [0.25, 0.3) is 0 Å². The molecule has 5 nitrogen and oxygen atoms in total. The Kier molecular flexibility index (Phi) is 2.14. The number of hydrogen-bond donors (Lipinski definition) is 2. The largest absolute Gasteiger partial charge is 0.289 e. The number of nitrogens with zero attached hydrogens (tertiary/aromatic N) is 2.